The van der Waals surface area contributed by atoms with Gasteiger partial charge in [-0.2, -0.15) is 0 Å². The smallest absolute Gasteiger partial charge is 0.306 e. The van der Waals surface area contributed by atoms with Crippen molar-refractivity contribution in [3.05, 3.63) is 11.6 Å². The van der Waals surface area contributed by atoms with Crippen LogP contribution in [0.1, 0.15) is 71.6 Å². The van der Waals surface area contributed by atoms with Gasteiger partial charge in [0.1, 0.15) is 5.60 Å². The maximum atomic E-state index is 13.1. The maximum absolute atomic E-state index is 13.1. The minimum Gasteiger partial charge on any atom is -0.481 e. The first kappa shape index (κ1) is 24.1. The number of carboxylic acids is 1. The second-order valence-electron chi connectivity index (χ2n) is 11.0. The first-order chi connectivity index (χ1) is 15.4. The molecule has 4 aliphatic carbocycles. The molecule has 0 aromatic heterocycles. The molecule has 0 aromatic carbocycles. The summed E-state index contributed by atoms with van der Waals surface area (Å²) in [6, 6.07) is 0. The molecule has 2 unspecified atom stereocenters. The number of ketones is 2. The van der Waals surface area contributed by atoms with Gasteiger partial charge < -0.3 is 20.1 Å². The van der Waals surface area contributed by atoms with Gasteiger partial charge >= 0.3 is 11.9 Å². The number of hydrogen-bond donors (Lipinski definition) is 3. The van der Waals surface area contributed by atoms with Crippen LogP contribution in [0.4, 0.5) is 0 Å². The van der Waals surface area contributed by atoms with Crippen molar-refractivity contribution in [2.24, 2.45) is 28.6 Å². The van der Waals surface area contributed by atoms with E-state index < -0.39 is 41.4 Å². The van der Waals surface area contributed by atoms with Crippen LogP contribution in [0.15, 0.2) is 11.6 Å². The number of hydrogen-bond acceptors (Lipinski definition) is 7. The van der Waals surface area contributed by atoms with Gasteiger partial charge in [-0.25, -0.2) is 0 Å². The second kappa shape index (κ2) is 8.31. The van der Waals surface area contributed by atoms with E-state index in [0.717, 1.165) is 24.8 Å². The summed E-state index contributed by atoms with van der Waals surface area (Å²) in [4.78, 5) is 47.5. The number of rotatable bonds is 6. The Morgan fingerprint density at radius 2 is 1.85 bits per heavy atom. The Kier molecular flexibility index (Phi) is 6.06. The molecule has 0 saturated heterocycles. The van der Waals surface area contributed by atoms with Gasteiger partial charge in [0.15, 0.2) is 12.4 Å². The van der Waals surface area contributed by atoms with E-state index in [0.29, 0.717) is 12.8 Å². The second-order valence-corrected chi connectivity index (χ2v) is 11.0. The predicted molar refractivity (Wildman–Crippen MR) is 116 cm³/mol. The molecule has 8 heteroatoms. The van der Waals surface area contributed by atoms with Gasteiger partial charge in [0.2, 0.25) is 5.78 Å². The summed E-state index contributed by atoms with van der Waals surface area (Å²) in [6.07, 6.45) is 4.30. The van der Waals surface area contributed by atoms with Crippen molar-refractivity contribution >= 4 is 23.5 Å². The fourth-order valence-electron chi connectivity index (χ4n) is 7.70. The van der Waals surface area contributed by atoms with Crippen molar-refractivity contribution < 1.29 is 39.2 Å². The van der Waals surface area contributed by atoms with Gasteiger partial charge in [0.05, 0.1) is 18.9 Å². The van der Waals surface area contributed by atoms with E-state index in [1.807, 2.05) is 6.92 Å². The Labute approximate surface area is 193 Å². The molecule has 33 heavy (non-hydrogen) atoms. The summed E-state index contributed by atoms with van der Waals surface area (Å²) in [5, 5.41) is 31.6. The number of Topliss-reactive ketones (excluding diaryl/α,β-unsaturated/α-hetero) is 1. The lowest BCUT2D eigenvalue weighted by Crippen LogP contribution is -2.62. The molecule has 3 fully saturated rings. The Balaban J connectivity index is 1.53. The van der Waals surface area contributed by atoms with Crippen LogP contribution in [0, 0.1) is 28.6 Å². The van der Waals surface area contributed by atoms with Gasteiger partial charge in [-0.15, -0.1) is 0 Å². The van der Waals surface area contributed by atoms with Crippen molar-refractivity contribution in [1.29, 1.82) is 0 Å². The van der Waals surface area contributed by atoms with Gasteiger partial charge in [-0.1, -0.05) is 19.4 Å². The van der Waals surface area contributed by atoms with Crippen molar-refractivity contribution in [2.45, 2.75) is 83.3 Å². The lowest BCUT2D eigenvalue weighted by Gasteiger charge is -2.60. The quantitative estimate of drug-likeness (QED) is 0.511. The third-order valence-electron chi connectivity index (χ3n) is 9.42. The molecule has 0 heterocycles. The minimum absolute atomic E-state index is 0.0185. The highest BCUT2D eigenvalue weighted by atomic mass is 16.5. The number of carbonyl (C=O) groups is 4. The lowest BCUT2D eigenvalue weighted by molar-refractivity contribution is -0.184. The summed E-state index contributed by atoms with van der Waals surface area (Å²) in [5.41, 5.74) is -1.68. The number of aliphatic hydroxyl groups excluding tert-OH is 1. The maximum Gasteiger partial charge on any atom is 0.306 e. The van der Waals surface area contributed by atoms with E-state index >= 15 is 0 Å². The highest BCUT2D eigenvalue weighted by molar-refractivity contribution is 5.92. The van der Waals surface area contributed by atoms with Gasteiger partial charge in [-0.05, 0) is 67.8 Å². The highest BCUT2D eigenvalue weighted by Crippen LogP contribution is 2.67. The minimum atomic E-state index is -1.71. The van der Waals surface area contributed by atoms with Crippen LogP contribution in [-0.2, 0) is 23.9 Å². The first-order valence-corrected chi connectivity index (χ1v) is 12.0. The molecule has 0 radical (unpaired) electrons. The molecular weight excluding hydrogens is 428 g/mol. The number of esters is 1. The van der Waals surface area contributed by atoms with Crippen LogP contribution in [0.25, 0.3) is 0 Å². The highest BCUT2D eigenvalue weighted by Gasteiger charge is 2.68. The predicted octanol–water partition coefficient (Wildman–Crippen LogP) is 2.20. The average Bonchev–Trinajstić information content (AvgIpc) is 3.02. The molecule has 0 aliphatic heterocycles. The average molecular weight is 463 g/mol. The van der Waals surface area contributed by atoms with Crippen LogP contribution < -0.4 is 0 Å². The molecule has 0 spiro atoms. The standard InChI is InChI=1S/C25H34O8/c1-23-9-7-15(26)11-14(23)3-4-16-17-8-10-25(32,24(17,2)12-18(27)22(16)23)19(28)13-33-21(31)6-5-20(29)30/h11,16-18,22,27,32H,3-10,12-13H2,1-2H3,(H,29,30)/t16-,17?,18-,22+,23?,24-,25-/m0/s1. The van der Waals surface area contributed by atoms with E-state index in [-0.39, 0.29) is 54.6 Å². The molecule has 0 bridgehead atoms. The fraction of sp³-hybridized carbons (Fsp3) is 0.760. The van der Waals surface area contributed by atoms with Crippen LogP contribution in [0.5, 0.6) is 0 Å². The van der Waals surface area contributed by atoms with Crippen LogP contribution >= 0.6 is 0 Å². The summed E-state index contributed by atoms with van der Waals surface area (Å²) in [7, 11) is 0. The van der Waals surface area contributed by atoms with Crippen LogP contribution in [0.3, 0.4) is 0 Å². The third kappa shape index (κ3) is 3.75. The number of aliphatic carboxylic acids is 1. The fourth-order valence-corrected chi connectivity index (χ4v) is 7.70. The van der Waals surface area contributed by atoms with E-state index in [4.69, 9.17) is 9.84 Å². The zero-order valence-electron chi connectivity index (χ0n) is 19.3. The first-order valence-electron chi connectivity index (χ1n) is 12.0. The largest absolute Gasteiger partial charge is 0.481 e. The summed E-state index contributed by atoms with van der Waals surface area (Å²) >= 11 is 0. The van der Waals surface area contributed by atoms with Crippen LogP contribution in [0.2, 0.25) is 0 Å². The van der Waals surface area contributed by atoms with E-state index in [1.54, 1.807) is 6.08 Å². The third-order valence-corrected chi connectivity index (χ3v) is 9.42. The van der Waals surface area contributed by atoms with Crippen molar-refractivity contribution in [2.75, 3.05) is 6.61 Å². The molecule has 8 nitrogen and oxygen atoms in total. The van der Waals surface area contributed by atoms with Gasteiger partial charge in [0.25, 0.3) is 0 Å². The molecular formula is C25H34O8. The van der Waals surface area contributed by atoms with Crippen LogP contribution in [-0.4, -0.2) is 57.1 Å². The zero-order chi connectivity index (χ0) is 24.2. The monoisotopic (exact) mass is 462 g/mol. The number of fused-ring (bicyclic) bond motifs is 5. The lowest BCUT2D eigenvalue weighted by atomic mass is 9.45. The number of carboxylic acid groups (broad SMARTS) is 1. The molecule has 182 valence electrons. The Bertz CT molecular complexity index is 908. The van der Waals surface area contributed by atoms with Crippen molar-refractivity contribution in [1.82, 2.24) is 0 Å². The molecule has 7 atom stereocenters. The Hall–Kier alpha value is -2.06. The van der Waals surface area contributed by atoms with Gasteiger partial charge in [-0.3, -0.25) is 19.2 Å². The number of aliphatic hydroxyl groups is 2. The molecule has 4 rings (SSSR count). The number of carbonyl (C=O) groups excluding carboxylic acids is 3. The normalized spacial score (nSPS) is 41.9. The SMILES string of the molecule is CC12CCC(=O)C=C1CC[C@H]1C3CC[C@](O)(C(=O)COC(=O)CCC(=O)O)[C@@]3(C)C[C@H](O)[C@@H]12. The number of ether oxygens (including phenoxy) is 1. The molecule has 0 amide bonds. The zero-order valence-corrected chi connectivity index (χ0v) is 19.3. The number of allylic oxidation sites excluding steroid dienone is 1. The Morgan fingerprint density at radius 1 is 1.12 bits per heavy atom. The summed E-state index contributed by atoms with van der Waals surface area (Å²) in [5.74, 6) is -2.20. The van der Waals surface area contributed by atoms with E-state index in [2.05, 4.69) is 6.92 Å². The molecule has 0 aromatic rings. The van der Waals surface area contributed by atoms with Gasteiger partial charge in [0, 0.05) is 11.8 Å². The van der Waals surface area contributed by atoms with E-state index in [9.17, 15) is 29.4 Å². The molecule has 3 saturated carbocycles. The molecule has 3 N–H and O–H groups in total. The topological polar surface area (TPSA) is 138 Å². The Morgan fingerprint density at radius 3 is 2.55 bits per heavy atom. The summed E-state index contributed by atoms with van der Waals surface area (Å²) in [6.45, 7) is 3.41. The van der Waals surface area contributed by atoms with Crippen molar-refractivity contribution in [3.8, 4) is 0 Å². The summed E-state index contributed by atoms with van der Waals surface area (Å²) < 4.78 is 4.97. The van der Waals surface area contributed by atoms with Crippen molar-refractivity contribution in [3.63, 3.8) is 0 Å². The van der Waals surface area contributed by atoms with E-state index in [1.165, 1.54) is 0 Å². The molecule has 4 aliphatic rings.